The average molecular weight is 494 g/mol. The summed E-state index contributed by atoms with van der Waals surface area (Å²) in [5, 5.41) is 0. The molecule has 36 heavy (non-hydrogen) atoms. The smallest absolute Gasteiger partial charge is 0.406 e. The number of aromatic nitrogens is 2. The summed E-state index contributed by atoms with van der Waals surface area (Å²) in [5.74, 6) is 0.735. The Labute approximate surface area is 210 Å². The van der Waals surface area contributed by atoms with Crippen LogP contribution in [0.1, 0.15) is 36.6 Å². The number of ether oxygens (including phenoxy) is 1. The number of rotatable bonds is 11. The first kappa shape index (κ1) is 25.5. The van der Waals surface area contributed by atoms with Crippen molar-refractivity contribution in [1.82, 2.24) is 14.5 Å². The van der Waals surface area contributed by atoms with E-state index in [1.54, 1.807) is 12.1 Å². The molecule has 0 radical (unpaired) electrons. The fourth-order valence-corrected chi connectivity index (χ4v) is 4.21. The van der Waals surface area contributed by atoms with Crippen molar-refractivity contribution in [3.05, 3.63) is 108 Å². The van der Waals surface area contributed by atoms with Crippen molar-refractivity contribution in [3.63, 3.8) is 0 Å². The quantitative estimate of drug-likeness (QED) is 0.217. The molecule has 0 saturated carbocycles. The molecule has 0 saturated heterocycles. The van der Waals surface area contributed by atoms with Gasteiger partial charge >= 0.3 is 6.36 Å². The van der Waals surface area contributed by atoms with Crippen molar-refractivity contribution < 1.29 is 17.9 Å². The highest BCUT2D eigenvalue weighted by molar-refractivity contribution is 5.55. The van der Waals surface area contributed by atoms with Gasteiger partial charge in [-0.15, -0.1) is 13.2 Å². The first-order chi connectivity index (χ1) is 17.4. The van der Waals surface area contributed by atoms with Gasteiger partial charge in [0.25, 0.3) is 0 Å². The number of halogens is 3. The molecule has 0 unspecified atom stereocenters. The molecule has 0 aliphatic carbocycles. The summed E-state index contributed by atoms with van der Waals surface area (Å²) in [7, 11) is 0. The van der Waals surface area contributed by atoms with E-state index in [1.165, 1.54) is 12.1 Å². The standard InChI is InChI=1S/C29H30F3N3O/c1-2-3-18-35-26(19-33-28(35)25-12-8-5-9-13-25)22-34(20-23-10-6-4-7-11-23)21-24-14-16-27(17-15-24)36-29(30,31)32/h4-17,19H,2-3,18,20-22H2,1H3. The second-order valence-corrected chi connectivity index (χ2v) is 8.77. The molecule has 3 aromatic carbocycles. The van der Waals surface area contributed by atoms with Crippen LogP contribution in [-0.4, -0.2) is 20.8 Å². The molecule has 4 rings (SSSR count). The maximum absolute atomic E-state index is 12.5. The summed E-state index contributed by atoms with van der Waals surface area (Å²) in [6, 6.07) is 26.4. The summed E-state index contributed by atoms with van der Waals surface area (Å²) in [4.78, 5) is 7.05. The Bertz CT molecular complexity index is 1210. The molecule has 188 valence electrons. The Morgan fingerprint density at radius 1 is 0.806 bits per heavy atom. The molecule has 4 aromatic rings. The lowest BCUT2D eigenvalue weighted by Crippen LogP contribution is -2.24. The maximum Gasteiger partial charge on any atom is 0.573 e. The van der Waals surface area contributed by atoms with E-state index in [1.807, 2.05) is 42.6 Å². The molecule has 0 spiro atoms. The van der Waals surface area contributed by atoms with Crippen LogP contribution in [-0.2, 0) is 26.2 Å². The largest absolute Gasteiger partial charge is 0.573 e. The van der Waals surface area contributed by atoms with Crippen LogP contribution in [0.15, 0.2) is 91.1 Å². The molecule has 1 aromatic heterocycles. The van der Waals surface area contributed by atoms with Gasteiger partial charge in [-0.25, -0.2) is 4.98 Å². The molecule has 0 aliphatic heterocycles. The van der Waals surface area contributed by atoms with Gasteiger partial charge in [0.15, 0.2) is 0 Å². The number of hydrogen-bond acceptors (Lipinski definition) is 3. The minimum absolute atomic E-state index is 0.217. The first-order valence-electron chi connectivity index (χ1n) is 12.1. The van der Waals surface area contributed by atoms with Crippen molar-refractivity contribution in [2.24, 2.45) is 0 Å². The van der Waals surface area contributed by atoms with E-state index in [2.05, 4.69) is 45.4 Å². The van der Waals surface area contributed by atoms with Crippen LogP contribution in [0.2, 0.25) is 0 Å². The van der Waals surface area contributed by atoms with Gasteiger partial charge in [0.1, 0.15) is 11.6 Å². The van der Waals surface area contributed by atoms with Crippen LogP contribution in [0.4, 0.5) is 13.2 Å². The van der Waals surface area contributed by atoms with Crippen LogP contribution in [0.25, 0.3) is 11.4 Å². The molecule has 0 bridgehead atoms. The number of nitrogens with zero attached hydrogens (tertiary/aromatic N) is 3. The Kier molecular flexibility index (Phi) is 8.44. The first-order valence-corrected chi connectivity index (χ1v) is 12.1. The lowest BCUT2D eigenvalue weighted by atomic mass is 10.1. The Balaban J connectivity index is 1.59. The molecule has 0 amide bonds. The van der Waals surface area contributed by atoms with Crippen LogP contribution < -0.4 is 4.74 Å². The number of hydrogen-bond donors (Lipinski definition) is 0. The number of benzene rings is 3. The van der Waals surface area contributed by atoms with E-state index in [0.29, 0.717) is 19.6 Å². The molecule has 4 nitrogen and oxygen atoms in total. The third-order valence-corrected chi connectivity index (χ3v) is 5.90. The molecule has 0 fully saturated rings. The lowest BCUT2D eigenvalue weighted by Gasteiger charge is -2.24. The maximum atomic E-state index is 12.5. The van der Waals surface area contributed by atoms with Crippen LogP contribution in [0.5, 0.6) is 5.75 Å². The van der Waals surface area contributed by atoms with Crippen LogP contribution in [0, 0.1) is 0 Å². The van der Waals surface area contributed by atoms with Gasteiger partial charge in [-0.05, 0) is 29.7 Å². The SMILES string of the molecule is CCCCn1c(CN(Cc2ccccc2)Cc2ccc(OC(F)(F)F)cc2)cnc1-c1ccccc1. The number of imidazole rings is 1. The number of unbranched alkanes of at least 4 members (excludes halogenated alkanes) is 1. The molecule has 0 aliphatic rings. The second kappa shape index (κ2) is 11.9. The van der Waals surface area contributed by atoms with E-state index >= 15 is 0 Å². The fourth-order valence-electron chi connectivity index (χ4n) is 4.21. The van der Waals surface area contributed by atoms with Gasteiger partial charge in [0, 0.05) is 31.7 Å². The van der Waals surface area contributed by atoms with E-state index in [9.17, 15) is 13.2 Å². The lowest BCUT2D eigenvalue weighted by molar-refractivity contribution is -0.274. The third-order valence-electron chi connectivity index (χ3n) is 5.90. The molecular weight excluding hydrogens is 463 g/mol. The summed E-state index contributed by atoms with van der Waals surface area (Å²) < 4.78 is 44.0. The normalized spacial score (nSPS) is 11.7. The van der Waals surface area contributed by atoms with Crippen molar-refractivity contribution in [2.45, 2.75) is 52.3 Å². The van der Waals surface area contributed by atoms with Gasteiger partial charge in [-0.3, -0.25) is 4.90 Å². The third kappa shape index (κ3) is 7.21. The number of alkyl halides is 3. The molecule has 1 heterocycles. The van der Waals surface area contributed by atoms with E-state index < -0.39 is 6.36 Å². The molecule has 0 atom stereocenters. The van der Waals surface area contributed by atoms with E-state index in [4.69, 9.17) is 4.98 Å². The molecule has 7 heteroatoms. The zero-order valence-corrected chi connectivity index (χ0v) is 20.3. The monoisotopic (exact) mass is 493 g/mol. The van der Waals surface area contributed by atoms with Gasteiger partial charge in [-0.1, -0.05) is 86.1 Å². The van der Waals surface area contributed by atoms with E-state index in [0.717, 1.165) is 47.6 Å². The second-order valence-electron chi connectivity index (χ2n) is 8.77. The summed E-state index contributed by atoms with van der Waals surface area (Å²) >= 11 is 0. The van der Waals surface area contributed by atoms with Gasteiger partial charge < -0.3 is 9.30 Å². The molecule has 0 N–H and O–H groups in total. The minimum Gasteiger partial charge on any atom is -0.406 e. The Hall–Kier alpha value is -3.58. The van der Waals surface area contributed by atoms with Crippen LogP contribution in [0.3, 0.4) is 0 Å². The predicted octanol–water partition coefficient (Wildman–Crippen LogP) is 7.45. The summed E-state index contributed by atoms with van der Waals surface area (Å²) in [5.41, 5.74) is 4.26. The van der Waals surface area contributed by atoms with Crippen LogP contribution >= 0.6 is 0 Å². The minimum atomic E-state index is -4.70. The highest BCUT2D eigenvalue weighted by Gasteiger charge is 2.31. The average Bonchev–Trinajstić information content (AvgIpc) is 3.26. The van der Waals surface area contributed by atoms with Crippen molar-refractivity contribution in [3.8, 4) is 17.1 Å². The van der Waals surface area contributed by atoms with Gasteiger partial charge in [0.05, 0.1) is 11.9 Å². The highest BCUT2D eigenvalue weighted by atomic mass is 19.4. The topological polar surface area (TPSA) is 30.3 Å². The molecular formula is C29H30F3N3O. The van der Waals surface area contributed by atoms with E-state index in [-0.39, 0.29) is 5.75 Å². The van der Waals surface area contributed by atoms with Crippen molar-refractivity contribution in [2.75, 3.05) is 0 Å². The van der Waals surface area contributed by atoms with Crippen molar-refractivity contribution >= 4 is 0 Å². The van der Waals surface area contributed by atoms with Gasteiger partial charge in [-0.2, -0.15) is 0 Å². The highest BCUT2D eigenvalue weighted by Crippen LogP contribution is 2.25. The zero-order valence-electron chi connectivity index (χ0n) is 20.3. The summed E-state index contributed by atoms with van der Waals surface area (Å²) in [6.07, 6.45) is -0.640. The summed E-state index contributed by atoms with van der Waals surface area (Å²) in [6.45, 7) is 4.96. The zero-order chi connectivity index (χ0) is 25.4. The predicted molar refractivity (Wildman–Crippen MR) is 135 cm³/mol. The Morgan fingerprint density at radius 2 is 1.42 bits per heavy atom. The van der Waals surface area contributed by atoms with Gasteiger partial charge in [0.2, 0.25) is 0 Å². The Morgan fingerprint density at radius 3 is 2.03 bits per heavy atom. The van der Waals surface area contributed by atoms with Crippen molar-refractivity contribution in [1.29, 1.82) is 0 Å². The fraction of sp³-hybridized carbons (Fsp3) is 0.276.